The molecule has 11 heteroatoms. The second kappa shape index (κ2) is 8.16. The topological polar surface area (TPSA) is 84.7 Å². The Morgan fingerprint density at radius 2 is 2.03 bits per heavy atom. The molecule has 29 heavy (non-hydrogen) atoms. The number of alkyl halides is 2. The van der Waals surface area contributed by atoms with Crippen molar-refractivity contribution in [1.82, 2.24) is 5.32 Å². The van der Waals surface area contributed by atoms with Crippen molar-refractivity contribution in [3.63, 3.8) is 0 Å². The molecule has 0 saturated heterocycles. The minimum atomic E-state index is -2.96. The Morgan fingerprint density at radius 3 is 2.69 bits per heavy atom. The van der Waals surface area contributed by atoms with Crippen LogP contribution in [-0.4, -0.2) is 31.0 Å². The van der Waals surface area contributed by atoms with Crippen LogP contribution in [0.5, 0.6) is 11.5 Å². The molecule has 0 aromatic heterocycles. The van der Waals surface area contributed by atoms with E-state index in [-0.39, 0.29) is 28.4 Å². The molecule has 3 rings (SSSR count). The molecule has 0 saturated carbocycles. The van der Waals surface area contributed by atoms with Gasteiger partial charge in [0.1, 0.15) is 17.6 Å². The number of nitrogens with two attached hydrogens (primary N) is 1. The fraction of sp³-hybridized carbons (Fsp3) is 0.222. The highest BCUT2D eigenvalue weighted by molar-refractivity contribution is 6.32. The van der Waals surface area contributed by atoms with E-state index in [1.165, 1.54) is 12.1 Å². The smallest absolute Gasteiger partial charge is 0.312 e. The lowest BCUT2D eigenvalue weighted by molar-refractivity contribution is -0.121. The van der Waals surface area contributed by atoms with E-state index in [2.05, 4.69) is 5.32 Å². The minimum Gasteiger partial charge on any atom is -0.450 e. The standard InChI is InChI=1S/C18H14ClF4N3O3/c19-10-3-2-9(20)6-13(10)29-16-11(21)4-1-8-5-12(25-18(24)28)17(27)26(15(8)16)7-14(22)23/h1-4,6,12,14H,5,7H2,(H3,24,25,28)/t12-/m1/s1. The van der Waals surface area contributed by atoms with Gasteiger partial charge in [-0.05, 0) is 23.8 Å². The number of benzene rings is 2. The van der Waals surface area contributed by atoms with Gasteiger partial charge in [-0.2, -0.15) is 0 Å². The molecule has 1 atom stereocenters. The highest BCUT2D eigenvalue weighted by Gasteiger charge is 2.38. The maximum Gasteiger partial charge on any atom is 0.312 e. The zero-order valence-electron chi connectivity index (χ0n) is 14.6. The lowest BCUT2D eigenvalue weighted by Gasteiger charge is -2.35. The number of anilines is 1. The average Bonchev–Trinajstić information content (AvgIpc) is 2.63. The number of amides is 3. The first-order valence-corrected chi connectivity index (χ1v) is 8.65. The van der Waals surface area contributed by atoms with Gasteiger partial charge in [0, 0.05) is 12.5 Å². The number of primary amides is 1. The average molecular weight is 432 g/mol. The molecule has 0 spiro atoms. The molecule has 1 aliphatic rings. The lowest BCUT2D eigenvalue weighted by atomic mass is 9.96. The van der Waals surface area contributed by atoms with Crippen molar-refractivity contribution < 1.29 is 31.9 Å². The first-order chi connectivity index (χ1) is 13.7. The summed E-state index contributed by atoms with van der Waals surface area (Å²) in [4.78, 5) is 24.4. The molecule has 0 unspecified atom stereocenters. The molecule has 1 aliphatic heterocycles. The van der Waals surface area contributed by atoms with Crippen LogP contribution in [-0.2, 0) is 11.2 Å². The maximum absolute atomic E-state index is 14.6. The van der Waals surface area contributed by atoms with Gasteiger partial charge in [-0.25, -0.2) is 22.4 Å². The summed E-state index contributed by atoms with van der Waals surface area (Å²) in [6, 6.07) is 3.15. The number of ether oxygens (including phenoxy) is 1. The number of hydrogen-bond donors (Lipinski definition) is 2. The Bertz CT molecular complexity index is 974. The molecule has 0 bridgehead atoms. The molecule has 6 nitrogen and oxygen atoms in total. The fourth-order valence-electron chi connectivity index (χ4n) is 3.02. The van der Waals surface area contributed by atoms with Gasteiger partial charge in [0.15, 0.2) is 11.6 Å². The second-order valence-electron chi connectivity index (χ2n) is 6.17. The number of hydrogen-bond acceptors (Lipinski definition) is 3. The highest BCUT2D eigenvalue weighted by Crippen LogP contribution is 2.42. The van der Waals surface area contributed by atoms with Crippen LogP contribution in [0.1, 0.15) is 5.56 Å². The first kappa shape index (κ1) is 20.7. The summed E-state index contributed by atoms with van der Waals surface area (Å²) < 4.78 is 59.8. The molecule has 2 aromatic carbocycles. The van der Waals surface area contributed by atoms with E-state index in [0.29, 0.717) is 4.90 Å². The van der Waals surface area contributed by atoms with Crippen LogP contribution < -0.4 is 20.7 Å². The van der Waals surface area contributed by atoms with Gasteiger partial charge < -0.3 is 20.7 Å². The van der Waals surface area contributed by atoms with Crippen molar-refractivity contribution in [3.05, 3.63) is 52.6 Å². The van der Waals surface area contributed by atoms with E-state index in [0.717, 1.165) is 18.2 Å². The predicted octanol–water partition coefficient (Wildman–Crippen LogP) is 3.60. The van der Waals surface area contributed by atoms with Crippen molar-refractivity contribution in [3.8, 4) is 11.5 Å². The quantitative estimate of drug-likeness (QED) is 0.709. The Labute approximate surface area is 167 Å². The zero-order chi connectivity index (χ0) is 21.3. The summed E-state index contributed by atoms with van der Waals surface area (Å²) in [6.45, 7) is -1.08. The fourth-order valence-corrected chi connectivity index (χ4v) is 3.18. The third-order valence-electron chi connectivity index (χ3n) is 4.17. The molecule has 0 aliphatic carbocycles. The van der Waals surface area contributed by atoms with E-state index in [1.54, 1.807) is 0 Å². The Hall–Kier alpha value is -3.01. The van der Waals surface area contributed by atoms with Gasteiger partial charge in [0.25, 0.3) is 6.43 Å². The Balaban J connectivity index is 2.12. The number of nitrogens with one attached hydrogen (secondary N) is 1. The van der Waals surface area contributed by atoms with Gasteiger partial charge in [-0.3, -0.25) is 4.79 Å². The zero-order valence-corrected chi connectivity index (χ0v) is 15.4. The van der Waals surface area contributed by atoms with Crippen molar-refractivity contribution in [2.24, 2.45) is 5.73 Å². The van der Waals surface area contributed by atoms with Crippen LogP contribution in [0.3, 0.4) is 0 Å². The van der Waals surface area contributed by atoms with E-state index in [4.69, 9.17) is 22.1 Å². The summed E-state index contributed by atoms with van der Waals surface area (Å²) in [5.74, 6) is -3.45. The Kier molecular flexibility index (Phi) is 5.83. The van der Waals surface area contributed by atoms with E-state index < -0.39 is 48.3 Å². The summed E-state index contributed by atoms with van der Waals surface area (Å²) in [6.07, 6.45) is -3.10. The van der Waals surface area contributed by atoms with Crippen LogP contribution >= 0.6 is 11.6 Å². The maximum atomic E-state index is 14.6. The van der Waals surface area contributed by atoms with E-state index in [1.807, 2.05) is 0 Å². The largest absolute Gasteiger partial charge is 0.450 e. The molecule has 2 aromatic rings. The lowest BCUT2D eigenvalue weighted by Crippen LogP contribution is -2.55. The summed E-state index contributed by atoms with van der Waals surface area (Å²) >= 11 is 5.94. The highest BCUT2D eigenvalue weighted by atomic mass is 35.5. The van der Waals surface area contributed by atoms with Crippen LogP contribution in [0.15, 0.2) is 30.3 Å². The van der Waals surface area contributed by atoms with Crippen molar-refractivity contribution >= 4 is 29.2 Å². The molecule has 3 amide bonds. The number of fused-ring (bicyclic) bond motifs is 1. The number of carbonyl (C=O) groups is 2. The minimum absolute atomic E-state index is 0.0563. The molecule has 3 N–H and O–H groups in total. The molecule has 1 heterocycles. The number of carbonyl (C=O) groups excluding carboxylic acids is 2. The van der Waals surface area contributed by atoms with Crippen molar-refractivity contribution in [2.75, 3.05) is 11.4 Å². The predicted molar refractivity (Wildman–Crippen MR) is 96.5 cm³/mol. The summed E-state index contributed by atoms with van der Waals surface area (Å²) in [7, 11) is 0. The third kappa shape index (κ3) is 4.37. The number of urea groups is 1. The molecular weight excluding hydrogens is 418 g/mol. The van der Waals surface area contributed by atoms with Gasteiger partial charge in [-0.15, -0.1) is 0 Å². The van der Waals surface area contributed by atoms with Gasteiger partial charge in [0.2, 0.25) is 5.91 Å². The second-order valence-corrected chi connectivity index (χ2v) is 6.57. The summed E-state index contributed by atoms with van der Waals surface area (Å²) in [5, 5.41) is 2.12. The van der Waals surface area contributed by atoms with E-state index in [9.17, 15) is 27.2 Å². The van der Waals surface area contributed by atoms with Crippen molar-refractivity contribution in [1.29, 1.82) is 0 Å². The monoisotopic (exact) mass is 431 g/mol. The number of halogens is 5. The first-order valence-electron chi connectivity index (χ1n) is 8.27. The normalized spacial score (nSPS) is 16.0. The van der Waals surface area contributed by atoms with Gasteiger partial charge in [-0.1, -0.05) is 17.7 Å². The van der Waals surface area contributed by atoms with Gasteiger partial charge >= 0.3 is 6.03 Å². The molecular formula is C18H14ClF4N3O3. The van der Waals surface area contributed by atoms with E-state index >= 15 is 0 Å². The van der Waals surface area contributed by atoms with Crippen molar-refractivity contribution in [2.45, 2.75) is 18.9 Å². The van der Waals surface area contributed by atoms with Crippen LogP contribution in [0.2, 0.25) is 5.02 Å². The summed E-state index contributed by atoms with van der Waals surface area (Å²) in [5.41, 5.74) is 5.03. The molecule has 0 radical (unpaired) electrons. The molecule has 0 fully saturated rings. The van der Waals surface area contributed by atoms with Crippen LogP contribution in [0.4, 0.5) is 28.0 Å². The Morgan fingerprint density at radius 1 is 1.31 bits per heavy atom. The third-order valence-corrected chi connectivity index (χ3v) is 4.48. The number of nitrogens with zero attached hydrogens (tertiary/aromatic N) is 1. The van der Waals surface area contributed by atoms with Gasteiger partial charge in [0.05, 0.1) is 17.3 Å². The number of rotatable bonds is 5. The van der Waals surface area contributed by atoms with Crippen LogP contribution in [0, 0.1) is 11.6 Å². The SMILES string of the molecule is NC(=O)N[C@@H]1Cc2ccc(F)c(Oc3cc(F)ccc3Cl)c2N(CC(F)F)C1=O. The molecule has 154 valence electrons. The van der Waals surface area contributed by atoms with Crippen LogP contribution in [0.25, 0.3) is 0 Å².